The molecule has 20 heavy (non-hydrogen) atoms. The molecule has 0 spiro atoms. The van der Waals surface area contributed by atoms with Gasteiger partial charge in [-0.1, -0.05) is 44.7 Å². The standard InChI is InChI=1S/C17H29NO2/c1-3-5-6-7-8-13-19-14-17(18)15-9-11-16(12-10-15)20-4-2/h9-12,17H,3-8,13-14,18H2,1-2H3. The zero-order valence-electron chi connectivity index (χ0n) is 12.9. The summed E-state index contributed by atoms with van der Waals surface area (Å²) in [6, 6.07) is 7.90. The number of hydrogen-bond acceptors (Lipinski definition) is 3. The maximum atomic E-state index is 6.12. The van der Waals surface area contributed by atoms with E-state index in [9.17, 15) is 0 Å². The summed E-state index contributed by atoms with van der Waals surface area (Å²) in [5.41, 5.74) is 7.21. The second-order valence-electron chi connectivity index (χ2n) is 5.10. The Morgan fingerprint density at radius 1 is 1.00 bits per heavy atom. The highest BCUT2D eigenvalue weighted by Crippen LogP contribution is 2.16. The molecule has 2 N–H and O–H groups in total. The van der Waals surface area contributed by atoms with Crippen LogP contribution in [-0.2, 0) is 4.74 Å². The van der Waals surface area contributed by atoms with Crippen LogP contribution in [0, 0.1) is 0 Å². The summed E-state index contributed by atoms with van der Waals surface area (Å²) in [5, 5.41) is 0. The molecule has 0 aliphatic heterocycles. The molecule has 0 aromatic heterocycles. The third-order valence-electron chi connectivity index (χ3n) is 3.31. The molecular weight excluding hydrogens is 250 g/mol. The predicted molar refractivity (Wildman–Crippen MR) is 84.1 cm³/mol. The van der Waals surface area contributed by atoms with Crippen LogP contribution in [0.15, 0.2) is 24.3 Å². The van der Waals surface area contributed by atoms with Gasteiger partial charge in [-0.2, -0.15) is 0 Å². The Bertz CT molecular complexity index is 337. The molecule has 1 unspecified atom stereocenters. The van der Waals surface area contributed by atoms with E-state index in [1.165, 1.54) is 25.7 Å². The second kappa shape index (κ2) is 10.7. The Morgan fingerprint density at radius 2 is 1.70 bits per heavy atom. The van der Waals surface area contributed by atoms with Crippen LogP contribution < -0.4 is 10.5 Å². The fourth-order valence-electron chi connectivity index (χ4n) is 2.09. The molecule has 0 fully saturated rings. The van der Waals surface area contributed by atoms with E-state index >= 15 is 0 Å². The van der Waals surface area contributed by atoms with Gasteiger partial charge in [-0.05, 0) is 31.0 Å². The van der Waals surface area contributed by atoms with Gasteiger partial charge >= 0.3 is 0 Å². The van der Waals surface area contributed by atoms with Crippen molar-refractivity contribution in [3.63, 3.8) is 0 Å². The normalized spacial score (nSPS) is 12.3. The SMILES string of the molecule is CCCCCCCOCC(N)c1ccc(OCC)cc1. The minimum Gasteiger partial charge on any atom is -0.494 e. The van der Waals surface area contributed by atoms with Crippen molar-refractivity contribution >= 4 is 0 Å². The third-order valence-corrected chi connectivity index (χ3v) is 3.31. The molecule has 0 bridgehead atoms. The Balaban J connectivity index is 2.17. The lowest BCUT2D eigenvalue weighted by molar-refractivity contribution is 0.117. The number of benzene rings is 1. The molecular formula is C17H29NO2. The van der Waals surface area contributed by atoms with Crippen molar-refractivity contribution in [2.45, 2.75) is 52.0 Å². The van der Waals surface area contributed by atoms with Crippen LogP contribution in [-0.4, -0.2) is 19.8 Å². The first-order valence-electron chi connectivity index (χ1n) is 7.84. The van der Waals surface area contributed by atoms with Crippen molar-refractivity contribution < 1.29 is 9.47 Å². The van der Waals surface area contributed by atoms with E-state index in [2.05, 4.69) is 6.92 Å². The van der Waals surface area contributed by atoms with Gasteiger partial charge in [0.25, 0.3) is 0 Å². The molecule has 1 aromatic carbocycles. The molecule has 3 heteroatoms. The number of nitrogens with two attached hydrogens (primary N) is 1. The molecule has 0 heterocycles. The summed E-state index contributed by atoms with van der Waals surface area (Å²) < 4.78 is 11.1. The summed E-state index contributed by atoms with van der Waals surface area (Å²) in [5.74, 6) is 0.889. The highest BCUT2D eigenvalue weighted by Gasteiger charge is 2.06. The topological polar surface area (TPSA) is 44.5 Å². The zero-order chi connectivity index (χ0) is 14.6. The van der Waals surface area contributed by atoms with Gasteiger partial charge in [0.2, 0.25) is 0 Å². The summed E-state index contributed by atoms with van der Waals surface area (Å²) >= 11 is 0. The first-order valence-corrected chi connectivity index (χ1v) is 7.84. The van der Waals surface area contributed by atoms with Crippen LogP contribution in [0.2, 0.25) is 0 Å². The third kappa shape index (κ3) is 6.92. The van der Waals surface area contributed by atoms with Crippen molar-refractivity contribution in [2.24, 2.45) is 5.73 Å². The van der Waals surface area contributed by atoms with E-state index in [-0.39, 0.29) is 6.04 Å². The number of ether oxygens (including phenoxy) is 2. The molecule has 0 aliphatic rings. The van der Waals surface area contributed by atoms with Gasteiger partial charge in [0, 0.05) is 6.61 Å². The highest BCUT2D eigenvalue weighted by molar-refractivity contribution is 5.29. The summed E-state index contributed by atoms with van der Waals surface area (Å²) in [6.45, 7) is 6.29. The van der Waals surface area contributed by atoms with Crippen LogP contribution in [0.1, 0.15) is 57.6 Å². The smallest absolute Gasteiger partial charge is 0.119 e. The largest absolute Gasteiger partial charge is 0.494 e. The lowest BCUT2D eigenvalue weighted by Crippen LogP contribution is -2.17. The van der Waals surface area contributed by atoms with Gasteiger partial charge in [0.15, 0.2) is 0 Å². The fraction of sp³-hybridized carbons (Fsp3) is 0.647. The van der Waals surface area contributed by atoms with Gasteiger partial charge in [-0.3, -0.25) is 0 Å². The summed E-state index contributed by atoms with van der Waals surface area (Å²) in [7, 11) is 0. The quantitative estimate of drug-likeness (QED) is 0.621. The Kier molecular flexibility index (Phi) is 9.09. The first kappa shape index (κ1) is 17.0. The molecule has 0 radical (unpaired) electrons. The van der Waals surface area contributed by atoms with Gasteiger partial charge in [0.1, 0.15) is 5.75 Å². The average molecular weight is 279 g/mol. The van der Waals surface area contributed by atoms with Crippen LogP contribution in [0.4, 0.5) is 0 Å². The minimum atomic E-state index is -0.0543. The molecule has 1 aromatic rings. The van der Waals surface area contributed by atoms with Crippen LogP contribution in [0.25, 0.3) is 0 Å². The highest BCUT2D eigenvalue weighted by atomic mass is 16.5. The molecule has 1 rings (SSSR count). The molecule has 0 amide bonds. The van der Waals surface area contributed by atoms with Gasteiger partial charge < -0.3 is 15.2 Å². The fourth-order valence-corrected chi connectivity index (χ4v) is 2.09. The zero-order valence-corrected chi connectivity index (χ0v) is 12.9. The van der Waals surface area contributed by atoms with E-state index in [4.69, 9.17) is 15.2 Å². The van der Waals surface area contributed by atoms with Crippen molar-refractivity contribution in [1.82, 2.24) is 0 Å². The Morgan fingerprint density at radius 3 is 2.35 bits per heavy atom. The lowest BCUT2D eigenvalue weighted by atomic mass is 10.1. The maximum absolute atomic E-state index is 6.12. The maximum Gasteiger partial charge on any atom is 0.119 e. The van der Waals surface area contributed by atoms with Crippen molar-refractivity contribution in [2.75, 3.05) is 19.8 Å². The molecule has 114 valence electrons. The van der Waals surface area contributed by atoms with Crippen LogP contribution >= 0.6 is 0 Å². The number of unbranched alkanes of at least 4 members (excludes halogenated alkanes) is 4. The molecule has 0 saturated carbocycles. The van der Waals surface area contributed by atoms with Gasteiger partial charge in [-0.15, -0.1) is 0 Å². The first-order chi connectivity index (χ1) is 9.77. The molecule has 1 atom stereocenters. The van der Waals surface area contributed by atoms with Crippen molar-refractivity contribution in [3.05, 3.63) is 29.8 Å². The molecule has 0 aliphatic carbocycles. The summed E-state index contributed by atoms with van der Waals surface area (Å²) in [4.78, 5) is 0. The van der Waals surface area contributed by atoms with Crippen LogP contribution in [0.5, 0.6) is 5.75 Å². The van der Waals surface area contributed by atoms with Gasteiger partial charge in [0.05, 0.1) is 19.3 Å². The van der Waals surface area contributed by atoms with Crippen molar-refractivity contribution in [3.8, 4) is 5.75 Å². The monoisotopic (exact) mass is 279 g/mol. The van der Waals surface area contributed by atoms with Crippen LogP contribution in [0.3, 0.4) is 0 Å². The number of hydrogen-bond donors (Lipinski definition) is 1. The van der Waals surface area contributed by atoms with Gasteiger partial charge in [-0.25, -0.2) is 0 Å². The predicted octanol–water partition coefficient (Wildman–Crippen LogP) is 4.07. The van der Waals surface area contributed by atoms with E-state index in [1.807, 2.05) is 31.2 Å². The molecule has 3 nitrogen and oxygen atoms in total. The van der Waals surface area contributed by atoms with E-state index in [1.54, 1.807) is 0 Å². The van der Waals surface area contributed by atoms with Crippen molar-refractivity contribution in [1.29, 1.82) is 0 Å². The van der Waals surface area contributed by atoms with E-state index < -0.39 is 0 Å². The molecule has 0 saturated heterocycles. The lowest BCUT2D eigenvalue weighted by Gasteiger charge is -2.13. The Labute approximate surface area is 123 Å². The average Bonchev–Trinajstić information content (AvgIpc) is 2.47. The number of rotatable bonds is 11. The van der Waals surface area contributed by atoms with E-state index in [0.29, 0.717) is 13.2 Å². The second-order valence-corrected chi connectivity index (χ2v) is 5.10. The Hall–Kier alpha value is -1.06. The summed E-state index contributed by atoms with van der Waals surface area (Å²) in [6.07, 6.45) is 6.31. The minimum absolute atomic E-state index is 0.0543. The van der Waals surface area contributed by atoms with E-state index in [0.717, 1.165) is 24.3 Å².